The van der Waals surface area contributed by atoms with Crippen LogP contribution >= 0.6 is 0 Å². The lowest BCUT2D eigenvalue weighted by Gasteiger charge is -2.01. The number of aryl methyl sites for hydroxylation is 1. The SMILES string of the molecule is CCCn1cnc2[nH]c(=O)n3ccnc3c21. The number of nitrogens with one attached hydrogen (secondary N) is 1. The fraction of sp³-hybridized carbons (Fsp3) is 0.300. The van der Waals surface area contributed by atoms with Crippen LogP contribution in [0, 0.1) is 0 Å². The molecule has 0 bridgehead atoms. The minimum Gasteiger partial charge on any atom is -0.326 e. The average molecular weight is 217 g/mol. The van der Waals surface area contributed by atoms with Gasteiger partial charge < -0.3 is 4.57 Å². The molecule has 0 radical (unpaired) electrons. The molecule has 0 unspecified atom stereocenters. The Labute approximate surface area is 90.6 Å². The van der Waals surface area contributed by atoms with Crippen LogP contribution in [0.1, 0.15) is 13.3 Å². The first-order chi connectivity index (χ1) is 7.81. The Balaban J connectivity index is 2.49. The van der Waals surface area contributed by atoms with Crippen molar-refractivity contribution in [1.82, 2.24) is 23.9 Å². The van der Waals surface area contributed by atoms with Crippen molar-refractivity contribution in [1.29, 1.82) is 0 Å². The van der Waals surface area contributed by atoms with Gasteiger partial charge in [-0.15, -0.1) is 0 Å². The lowest BCUT2D eigenvalue weighted by molar-refractivity contribution is 0.697. The molecule has 0 aliphatic heterocycles. The second-order valence-corrected chi connectivity index (χ2v) is 3.69. The number of imidazole rings is 2. The van der Waals surface area contributed by atoms with E-state index in [1.165, 1.54) is 4.40 Å². The summed E-state index contributed by atoms with van der Waals surface area (Å²) in [7, 11) is 0. The zero-order valence-corrected chi connectivity index (χ0v) is 8.84. The summed E-state index contributed by atoms with van der Waals surface area (Å²) in [5.41, 5.74) is 1.93. The summed E-state index contributed by atoms with van der Waals surface area (Å²) in [6.07, 6.45) is 6.01. The van der Waals surface area contributed by atoms with Crippen LogP contribution < -0.4 is 5.69 Å². The topological polar surface area (TPSA) is 68.0 Å². The summed E-state index contributed by atoms with van der Waals surface area (Å²) in [5, 5.41) is 0. The van der Waals surface area contributed by atoms with E-state index >= 15 is 0 Å². The summed E-state index contributed by atoms with van der Waals surface area (Å²) in [4.78, 5) is 22.8. The predicted molar refractivity (Wildman–Crippen MR) is 59.4 cm³/mol. The van der Waals surface area contributed by atoms with Crippen LogP contribution in [0.15, 0.2) is 23.5 Å². The quantitative estimate of drug-likeness (QED) is 0.689. The Morgan fingerprint density at radius 3 is 3.12 bits per heavy atom. The summed E-state index contributed by atoms with van der Waals surface area (Å²) >= 11 is 0. The highest BCUT2D eigenvalue weighted by atomic mass is 16.1. The van der Waals surface area contributed by atoms with E-state index in [0.717, 1.165) is 18.5 Å². The normalized spacial score (nSPS) is 11.6. The number of aromatic nitrogens is 5. The second-order valence-electron chi connectivity index (χ2n) is 3.69. The molecule has 3 aromatic rings. The van der Waals surface area contributed by atoms with Crippen molar-refractivity contribution in [2.75, 3.05) is 0 Å². The van der Waals surface area contributed by atoms with Gasteiger partial charge in [-0.1, -0.05) is 6.92 Å². The highest BCUT2D eigenvalue weighted by Crippen LogP contribution is 2.14. The molecule has 6 nitrogen and oxygen atoms in total. The third-order valence-electron chi connectivity index (χ3n) is 2.60. The molecular formula is C10H11N5O. The minimum atomic E-state index is -0.207. The number of H-pyrrole nitrogens is 1. The minimum absolute atomic E-state index is 0.207. The smallest absolute Gasteiger partial charge is 0.326 e. The van der Waals surface area contributed by atoms with Crippen LogP contribution in [-0.2, 0) is 6.54 Å². The Morgan fingerprint density at radius 1 is 1.44 bits per heavy atom. The molecule has 0 saturated carbocycles. The second kappa shape index (κ2) is 3.19. The average Bonchev–Trinajstić information content (AvgIpc) is 2.85. The van der Waals surface area contributed by atoms with Gasteiger partial charge in [-0.3, -0.25) is 4.98 Å². The molecule has 0 aromatic carbocycles. The number of fused-ring (bicyclic) bond motifs is 3. The lowest BCUT2D eigenvalue weighted by atomic mass is 10.4. The molecule has 3 rings (SSSR count). The molecule has 0 atom stereocenters. The van der Waals surface area contributed by atoms with Gasteiger partial charge in [-0.2, -0.15) is 0 Å². The Morgan fingerprint density at radius 2 is 2.31 bits per heavy atom. The molecule has 3 heterocycles. The molecule has 82 valence electrons. The fourth-order valence-corrected chi connectivity index (χ4v) is 1.92. The summed E-state index contributed by atoms with van der Waals surface area (Å²) < 4.78 is 3.50. The van der Waals surface area contributed by atoms with E-state index in [-0.39, 0.29) is 5.69 Å². The number of rotatable bonds is 2. The van der Waals surface area contributed by atoms with Crippen LogP contribution in [0.25, 0.3) is 16.8 Å². The van der Waals surface area contributed by atoms with Gasteiger partial charge in [0, 0.05) is 18.9 Å². The van der Waals surface area contributed by atoms with Crippen molar-refractivity contribution < 1.29 is 0 Å². The van der Waals surface area contributed by atoms with E-state index in [2.05, 4.69) is 21.9 Å². The molecule has 16 heavy (non-hydrogen) atoms. The van der Waals surface area contributed by atoms with Crippen molar-refractivity contribution in [3.05, 3.63) is 29.2 Å². The van der Waals surface area contributed by atoms with Gasteiger partial charge in [0.15, 0.2) is 11.3 Å². The van der Waals surface area contributed by atoms with Crippen molar-refractivity contribution >= 4 is 16.8 Å². The van der Waals surface area contributed by atoms with E-state index in [1.807, 2.05) is 4.57 Å². The Kier molecular flexibility index (Phi) is 1.82. The number of hydrogen-bond donors (Lipinski definition) is 1. The van der Waals surface area contributed by atoms with Crippen molar-refractivity contribution in [3.63, 3.8) is 0 Å². The van der Waals surface area contributed by atoms with E-state index < -0.39 is 0 Å². The van der Waals surface area contributed by atoms with Gasteiger partial charge in [-0.25, -0.2) is 19.2 Å². The zero-order valence-electron chi connectivity index (χ0n) is 8.84. The molecule has 0 amide bonds. The third kappa shape index (κ3) is 1.09. The molecule has 6 heteroatoms. The first kappa shape index (κ1) is 9.14. The van der Waals surface area contributed by atoms with Crippen LogP contribution in [0.4, 0.5) is 0 Å². The van der Waals surface area contributed by atoms with Gasteiger partial charge in [0.05, 0.1) is 6.33 Å². The monoisotopic (exact) mass is 217 g/mol. The van der Waals surface area contributed by atoms with Gasteiger partial charge in [-0.05, 0) is 6.42 Å². The molecule has 0 saturated heterocycles. The highest BCUT2D eigenvalue weighted by molar-refractivity contribution is 5.85. The Hall–Kier alpha value is -2.11. The van der Waals surface area contributed by atoms with Gasteiger partial charge in [0.1, 0.15) is 5.52 Å². The maximum atomic E-state index is 11.6. The van der Waals surface area contributed by atoms with Crippen molar-refractivity contribution in [3.8, 4) is 0 Å². The molecule has 0 fully saturated rings. The maximum absolute atomic E-state index is 11.6. The fourth-order valence-electron chi connectivity index (χ4n) is 1.92. The van der Waals surface area contributed by atoms with Crippen molar-refractivity contribution in [2.45, 2.75) is 19.9 Å². The summed E-state index contributed by atoms with van der Waals surface area (Å²) in [6, 6.07) is 0. The van der Waals surface area contributed by atoms with E-state index in [4.69, 9.17) is 0 Å². The van der Waals surface area contributed by atoms with E-state index in [0.29, 0.717) is 11.3 Å². The van der Waals surface area contributed by atoms with E-state index in [9.17, 15) is 4.79 Å². The lowest BCUT2D eigenvalue weighted by Crippen LogP contribution is -2.16. The molecule has 3 aromatic heterocycles. The van der Waals surface area contributed by atoms with Crippen LogP contribution in [-0.4, -0.2) is 23.9 Å². The largest absolute Gasteiger partial charge is 0.332 e. The van der Waals surface area contributed by atoms with Gasteiger partial charge >= 0.3 is 5.69 Å². The molecule has 0 spiro atoms. The first-order valence-electron chi connectivity index (χ1n) is 5.21. The van der Waals surface area contributed by atoms with Gasteiger partial charge in [0.25, 0.3) is 0 Å². The standard InChI is InChI=1S/C10H11N5O/c1-2-4-14-6-12-8-7(14)9-11-3-5-15(9)10(16)13-8/h3,5-6H,2,4H2,1H3,(H,13,16). The zero-order chi connectivity index (χ0) is 11.1. The summed E-state index contributed by atoms with van der Waals surface area (Å²) in [5.74, 6) is 0. The first-order valence-corrected chi connectivity index (χ1v) is 5.21. The Bertz CT molecular complexity index is 705. The van der Waals surface area contributed by atoms with E-state index in [1.54, 1.807) is 18.7 Å². The number of aromatic amines is 1. The molecular weight excluding hydrogens is 206 g/mol. The highest BCUT2D eigenvalue weighted by Gasteiger charge is 2.10. The predicted octanol–water partition coefficient (Wildman–Crippen LogP) is 0.782. The molecule has 0 aliphatic carbocycles. The molecule has 1 N–H and O–H groups in total. The number of hydrogen-bond acceptors (Lipinski definition) is 3. The summed E-state index contributed by atoms with van der Waals surface area (Å²) in [6.45, 7) is 2.96. The molecule has 0 aliphatic rings. The van der Waals surface area contributed by atoms with Crippen LogP contribution in [0.5, 0.6) is 0 Å². The van der Waals surface area contributed by atoms with Gasteiger partial charge in [0.2, 0.25) is 0 Å². The third-order valence-corrected chi connectivity index (χ3v) is 2.60. The van der Waals surface area contributed by atoms with Crippen LogP contribution in [0.3, 0.4) is 0 Å². The van der Waals surface area contributed by atoms with Crippen LogP contribution in [0.2, 0.25) is 0 Å². The number of nitrogens with zero attached hydrogens (tertiary/aromatic N) is 4. The maximum Gasteiger partial charge on any atom is 0.332 e. The van der Waals surface area contributed by atoms with Crippen molar-refractivity contribution in [2.24, 2.45) is 0 Å².